The van der Waals surface area contributed by atoms with Crippen molar-refractivity contribution >= 4 is 23.5 Å². The van der Waals surface area contributed by atoms with Crippen LogP contribution in [-0.2, 0) is 9.59 Å². The van der Waals surface area contributed by atoms with Crippen LogP contribution in [0.1, 0.15) is 37.8 Å². The molecule has 1 amide bonds. The summed E-state index contributed by atoms with van der Waals surface area (Å²) in [5.74, 6) is -1.43. The van der Waals surface area contributed by atoms with Gasteiger partial charge in [0.25, 0.3) is 0 Å². The van der Waals surface area contributed by atoms with Crippen molar-refractivity contribution in [3.8, 4) is 0 Å². The van der Waals surface area contributed by atoms with Crippen LogP contribution in [0.5, 0.6) is 0 Å². The fraction of sp³-hybridized carbons (Fsp3) is 0.467. The van der Waals surface area contributed by atoms with Gasteiger partial charge in [0.15, 0.2) is 0 Å². The lowest BCUT2D eigenvalue weighted by Crippen LogP contribution is -2.32. The number of benzene rings is 1. The highest BCUT2D eigenvalue weighted by molar-refractivity contribution is 6.30. The van der Waals surface area contributed by atoms with E-state index in [1.54, 1.807) is 12.1 Å². The second-order valence-corrected chi connectivity index (χ2v) is 5.76. The van der Waals surface area contributed by atoms with Crippen LogP contribution in [0.15, 0.2) is 24.3 Å². The standard InChI is InChI=1S/C15H18ClNO3/c1-9(10-4-6-13(16)7-5-10)17-14(18)11-2-3-12(8-11)15(19)20/h4-7,9,11-12H,2-3,8H2,1H3,(H,17,18)(H,19,20)/t9?,11-,12+/m1/s1. The molecule has 1 aliphatic carbocycles. The topological polar surface area (TPSA) is 66.4 Å². The number of halogens is 1. The number of rotatable bonds is 4. The van der Waals surface area contributed by atoms with Gasteiger partial charge in [-0.05, 0) is 43.9 Å². The van der Waals surface area contributed by atoms with Crippen molar-refractivity contribution in [2.24, 2.45) is 11.8 Å². The molecule has 108 valence electrons. The van der Waals surface area contributed by atoms with Crippen molar-refractivity contribution in [3.05, 3.63) is 34.9 Å². The molecule has 0 heterocycles. The molecule has 2 rings (SSSR count). The van der Waals surface area contributed by atoms with Crippen LogP contribution in [0.25, 0.3) is 0 Å². The Kier molecular flexibility index (Phi) is 4.65. The highest BCUT2D eigenvalue weighted by atomic mass is 35.5. The lowest BCUT2D eigenvalue weighted by atomic mass is 10.0. The molecular weight excluding hydrogens is 278 g/mol. The van der Waals surface area contributed by atoms with Gasteiger partial charge in [0.2, 0.25) is 5.91 Å². The predicted molar refractivity (Wildman–Crippen MR) is 76.5 cm³/mol. The Balaban J connectivity index is 1.91. The summed E-state index contributed by atoms with van der Waals surface area (Å²) >= 11 is 5.83. The molecule has 4 nitrogen and oxygen atoms in total. The third-order valence-electron chi connectivity index (χ3n) is 3.88. The van der Waals surface area contributed by atoms with E-state index in [1.165, 1.54) is 0 Å². The van der Waals surface area contributed by atoms with Crippen molar-refractivity contribution < 1.29 is 14.7 Å². The molecule has 1 aromatic rings. The molecule has 0 spiro atoms. The monoisotopic (exact) mass is 295 g/mol. The third kappa shape index (κ3) is 3.51. The van der Waals surface area contributed by atoms with Crippen molar-refractivity contribution in [3.63, 3.8) is 0 Å². The number of hydrogen-bond acceptors (Lipinski definition) is 2. The summed E-state index contributed by atoms with van der Waals surface area (Å²) in [5.41, 5.74) is 0.982. The van der Waals surface area contributed by atoms with E-state index in [0.717, 1.165) is 5.56 Å². The average molecular weight is 296 g/mol. The Morgan fingerprint density at radius 1 is 1.25 bits per heavy atom. The Hall–Kier alpha value is -1.55. The van der Waals surface area contributed by atoms with Crippen molar-refractivity contribution in [2.75, 3.05) is 0 Å². The Morgan fingerprint density at radius 3 is 2.40 bits per heavy atom. The smallest absolute Gasteiger partial charge is 0.306 e. The van der Waals surface area contributed by atoms with Crippen molar-refractivity contribution in [2.45, 2.75) is 32.2 Å². The number of amides is 1. The molecule has 0 bridgehead atoms. The fourth-order valence-electron chi connectivity index (χ4n) is 2.61. The van der Waals surface area contributed by atoms with E-state index in [2.05, 4.69) is 5.32 Å². The van der Waals surface area contributed by atoms with Crippen molar-refractivity contribution in [1.82, 2.24) is 5.32 Å². The molecule has 0 saturated heterocycles. The largest absolute Gasteiger partial charge is 0.481 e. The molecule has 3 atom stereocenters. The van der Waals surface area contributed by atoms with Gasteiger partial charge in [0, 0.05) is 10.9 Å². The molecule has 1 fully saturated rings. The second kappa shape index (κ2) is 6.27. The van der Waals surface area contributed by atoms with E-state index in [0.29, 0.717) is 24.3 Å². The molecule has 1 aliphatic rings. The van der Waals surface area contributed by atoms with E-state index in [-0.39, 0.29) is 23.8 Å². The molecule has 0 radical (unpaired) electrons. The quantitative estimate of drug-likeness (QED) is 0.897. The van der Waals surface area contributed by atoms with Gasteiger partial charge in [-0.15, -0.1) is 0 Å². The van der Waals surface area contributed by atoms with E-state index in [4.69, 9.17) is 16.7 Å². The maximum atomic E-state index is 12.1. The van der Waals surface area contributed by atoms with Gasteiger partial charge in [-0.1, -0.05) is 23.7 Å². The van der Waals surface area contributed by atoms with Gasteiger partial charge < -0.3 is 10.4 Å². The maximum absolute atomic E-state index is 12.1. The summed E-state index contributed by atoms with van der Waals surface area (Å²) in [6.45, 7) is 1.91. The molecule has 5 heteroatoms. The minimum absolute atomic E-state index is 0.0591. The third-order valence-corrected chi connectivity index (χ3v) is 4.13. The minimum atomic E-state index is -0.800. The second-order valence-electron chi connectivity index (χ2n) is 5.33. The molecule has 1 unspecified atom stereocenters. The summed E-state index contributed by atoms with van der Waals surface area (Å²) in [4.78, 5) is 23.0. The zero-order valence-corrected chi connectivity index (χ0v) is 12.1. The van der Waals surface area contributed by atoms with E-state index < -0.39 is 5.97 Å². The fourth-order valence-corrected chi connectivity index (χ4v) is 2.74. The molecular formula is C15H18ClNO3. The molecule has 0 aliphatic heterocycles. The minimum Gasteiger partial charge on any atom is -0.481 e. The maximum Gasteiger partial charge on any atom is 0.306 e. The summed E-state index contributed by atoms with van der Waals surface area (Å²) in [6, 6.07) is 7.22. The molecule has 1 aromatic carbocycles. The van der Waals surface area contributed by atoms with E-state index >= 15 is 0 Å². The zero-order valence-electron chi connectivity index (χ0n) is 11.3. The Labute approximate surface area is 123 Å². The van der Waals surface area contributed by atoms with Gasteiger partial charge in [-0.3, -0.25) is 9.59 Å². The first-order chi connectivity index (χ1) is 9.47. The van der Waals surface area contributed by atoms with Gasteiger partial charge >= 0.3 is 5.97 Å². The summed E-state index contributed by atoms with van der Waals surface area (Å²) in [7, 11) is 0. The van der Waals surface area contributed by atoms with Gasteiger partial charge in [0.05, 0.1) is 12.0 Å². The first-order valence-electron chi connectivity index (χ1n) is 6.76. The van der Waals surface area contributed by atoms with Crippen molar-refractivity contribution in [1.29, 1.82) is 0 Å². The van der Waals surface area contributed by atoms with Gasteiger partial charge in [-0.25, -0.2) is 0 Å². The molecule has 2 N–H and O–H groups in total. The van der Waals surface area contributed by atoms with Crippen LogP contribution in [0, 0.1) is 11.8 Å². The van der Waals surface area contributed by atoms with Crippen LogP contribution in [-0.4, -0.2) is 17.0 Å². The summed E-state index contributed by atoms with van der Waals surface area (Å²) in [5, 5.41) is 12.6. The average Bonchev–Trinajstić information content (AvgIpc) is 2.89. The Morgan fingerprint density at radius 2 is 1.85 bits per heavy atom. The van der Waals surface area contributed by atoms with Gasteiger partial charge in [-0.2, -0.15) is 0 Å². The summed E-state index contributed by atoms with van der Waals surface area (Å²) in [6.07, 6.45) is 1.67. The van der Waals surface area contributed by atoms with Crippen LogP contribution < -0.4 is 5.32 Å². The van der Waals surface area contributed by atoms with Gasteiger partial charge in [0.1, 0.15) is 0 Å². The number of carboxylic acids is 1. The zero-order chi connectivity index (χ0) is 14.7. The summed E-state index contributed by atoms with van der Waals surface area (Å²) < 4.78 is 0. The Bertz CT molecular complexity index is 500. The number of aliphatic carboxylic acids is 1. The van der Waals surface area contributed by atoms with E-state index in [9.17, 15) is 9.59 Å². The number of carbonyl (C=O) groups is 2. The number of carbonyl (C=O) groups excluding carboxylic acids is 1. The number of hydrogen-bond donors (Lipinski definition) is 2. The SMILES string of the molecule is CC(NC(=O)[C@@H]1CC[C@H](C(=O)O)C1)c1ccc(Cl)cc1. The molecule has 0 aromatic heterocycles. The first-order valence-corrected chi connectivity index (χ1v) is 7.14. The highest BCUT2D eigenvalue weighted by Gasteiger charge is 2.34. The van der Waals surface area contributed by atoms with Crippen LogP contribution in [0.4, 0.5) is 0 Å². The van der Waals surface area contributed by atoms with Crippen LogP contribution in [0.3, 0.4) is 0 Å². The normalized spacial score (nSPS) is 23.3. The lowest BCUT2D eigenvalue weighted by molar-refractivity contribution is -0.141. The molecule has 1 saturated carbocycles. The molecule has 20 heavy (non-hydrogen) atoms. The highest BCUT2D eigenvalue weighted by Crippen LogP contribution is 2.31. The van der Waals surface area contributed by atoms with Crippen LogP contribution in [0.2, 0.25) is 5.02 Å². The lowest BCUT2D eigenvalue weighted by Gasteiger charge is -2.17. The number of nitrogens with one attached hydrogen (secondary N) is 1. The predicted octanol–water partition coefficient (Wildman–Crippen LogP) is 3.02. The first kappa shape index (κ1) is 14.9. The van der Waals surface area contributed by atoms with E-state index in [1.807, 2.05) is 19.1 Å². The van der Waals surface area contributed by atoms with Crippen LogP contribution >= 0.6 is 11.6 Å². The number of carboxylic acid groups (broad SMARTS) is 1.